The number of aryl methyl sites for hydroxylation is 1. The van der Waals surface area contributed by atoms with Gasteiger partial charge in [0.05, 0.1) is 14.2 Å². The lowest BCUT2D eigenvalue weighted by atomic mass is 9.98. The molecular weight excluding hydrogens is 226 g/mol. The van der Waals surface area contributed by atoms with Crippen LogP contribution in [0.4, 0.5) is 0 Å². The molecule has 0 aliphatic carbocycles. The zero-order valence-corrected chi connectivity index (χ0v) is 11.4. The molecule has 1 saturated heterocycles. The van der Waals surface area contributed by atoms with Crippen LogP contribution >= 0.6 is 0 Å². The Hall–Kier alpha value is -1.22. The Morgan fingerprint density at radius 3 is 2.67 bits per heavy atom. The van der Waals surface area contributed by atoms with Gasteiger partial charge in [0.2, 0.25) is 0 Å². The van der Waals surface area contributed by atoms with Crippen LogP contribution in [0.5, 0.6) is 11.5 Å². The summed E-state index contributed by atoms with van der Waals surface area (Å²) in [7, 11) is 3.35. The van der Waals surface area contributed by atoms with E-state index in [4.69, 9.17) is 9.47 Å². The Morgan fingerprint density at radius 2 is 2.00 bits per heavy atom. The zero-order chi connectivity index (χ0) is 12.8. The smallest absolute Gasteiger partial charge is 0.160 e. The van der Waals surface area contributed by atoms with E-state index in [0.717, 1.165) is 17.9 Å². The Kier molecular flexibility index (Phi) is 4.88. The van der Waals surface area contributed by atoms with E-state index in [1.807, 2.05) is 6.07 Å². The third-order valence-electron chi connectivity index (χ3n) is 3.64. The topological polar surface area (TPSA) is 30.5 Å². The Labute approximate surface area is 109 Å². The van der Waals surface area contributed by atoms with E-state index in [9.17, 15) is 0 Å². The summed E-state index contributed by atoms with van der Waals surface area (Å²) in [6.45, 7) is 1.18. The maximum atomic E-state index is 5.33. The lowest BCUT2D eigenvalue weighted by Crippen LogP contribution is -2.34. The highest BCUT2D eigenvalue weighted by Crippen LogP contribution is 2.28. The molecule has 2 rings (SSSR count). The first-order valence-electron chi connectivity index (χ1n) is 6.78. The van der Waals surface area contributed by atoms with Crippen LogP contribution in [-0.2, 0) is 6.42 Å². The molecule has 1 fully saturated rings. The molecule has 0 saturated carbocycles. The molecule has 1 aromatic rings. The zero-order valence-electron chi connectivity index (χ0n) is 11.4. The summed E-state index contributed by atoms with van der Waals surface area (Å²) in [6, 6.07) is 6.89. The van der Waals surface area contributed by atoms with Gasteiger partial charge in [-0.05, 0) is 49.9 Å². The van der Waals surface area contributed by atoms with Crippen molar-refractivity contribution in [3.05, 3.63) is 23.8 Å². The molecule has 1 unspecified atom stereocenters. The molecule has 1 aliphatic heterocycles. The number of nitrogens with one attached hydrogen (secondary N) is 1. The van der Waals surface area contributed by atoms with E-state index < -0.39 is 0 Å². The number of hydrogen-bond acceptors (Lipinski definition) is 3. The van der Waals surface area contributed by atoms with Crippen molar-refractivity contribution in [1.82, 2.24) is 5.32 Å². The summed E-state index contributed by atoms with van der Waals surface area (Å²) < 4.78 is 10.6. The van der Waals surface area contributed by atoms with Gasteiger partial charge in [0.25, 0.3) is 0 Å². The van der Waals surface area contributed by atoms with E-state index >= 15 is 0 Å². The minimum atomic E-state index is 0.687. The summed E-state index contributed by atoms with van der Waals surface area (Å²) in [4.78, 5) is 0. The predicted molar refractivity (Wildman–Crippen MR) is 73.5 cm³/mol. The molecule has 0 spiro atoms. The minimum absolute atomic E-state index is 0.687. The Balaban J connectivity index is 1.92. The highest BCUT2D eigenvalue weighted by atomic mass is 16.5. The van der Waals surface area contributed by atoms with Crippen LogP contribution in [0.1, 0.15) is 31.2 Å². The molecule has 3 heteroatoms. The van der Waals surface area contributed by atoms with Crippen molar-refractivity contribution in [2.45, 2.75) is 38.1 Å². The molecule has 1 N–H and O–H groups in total. The van der Waals surface area contributed by atoms with Gasteiger partial charge in [-0.1, -0.05) is 12.5 Å². The van der Waals surface area contributed by atoms with Gasteiger partial charge in [-0.2, -0.15) is 0 Å². The highest BCUT2D eigenvalue weighted by Gasteiger charge is 2.12. The summed E-state index contributed by atoms with van der Waals surface area (Å²) in [6.07, 6.45) is 6.30. The highest BCUT2D eigenvalue weighted by molar-refractivity contribution is 5.42. The van der Waals surface area contributed by atoms with Crippen LogP contribution in [0.25, 0.3) is 0 Å². The quantitative estimate of drug-likeness (QED) is 0.870. The van der Waals surface area contributed by atoms with Crippen molar-refractivity contribution in [3.8, 4) is 11.5 Å². The first kappa shape index (κ1) is 13.2. The average molecular weight is 249 g/mol. The molecule has 1 aliphatic rings. The molecule has 18 heavy (non-hydrogen) atoms. The molecule has 100 valence electrons. The number of methoxy groups -OCH3 is 2. The van der Waals surface area contributed by atoms with Crippen LogP contribution in [0.2, 0.25) is 0 Å². The van der Waals surface area contributed by atoms with Crippen LogP contribution in [-0.4, -0.2) is 26.8 Å². The van der Waals surface area contributed by atoms with Gasteiger partial charge in [-0.25, -0.2) is 0 Å². The Bertz CT molecular complexity index is 373. The normalized spacial score (nSPS) is 19.6. The van der Waals surface area contributed by atoms with Gasteiger partial charge in [-0.3, -0.25) is 0 Å². The van der Waals surface area contributed by atoms with Crippen molar-refractivity contribution in [2.24, 2.45) is 0 Å². The fraction of sp³-hybridized carbons (Fsp3) is 0.600. The molecule has 0 amide bonds. The predicted octanol–water partition coefficient (Wildman–Crippen LogP) is 2.78. The fourth-order valence-corrected chi connectivity index (χ4v) is 2.55. The fourth-order valence-electron chi connectivity index (χ4n) is 2.55. The summed E-state index contributed by atoms with van der Waals surface area (Å²) in [5.41, 5.74) is 1.32. The van der Waals surface area contributed by atoms with E-state index in [0.29, 0.717) is 6.04 Å². The van der Waals surface area contributed by atoms with Crippen molar-refractivity contribution in [3.63, 3.8) is 0 Å². The summed E-state index contributed by atoms with van der Waals surface area (Å²) >= 11 is 0. The van der Waals surface area contributed by atoms with Gasteiger partial charge in [0.15, 0.2) is 11.5 Å². The second kappa shape index (κ2) is 6.64. The van der Waals surface area contributed by atoms with E-state index in [1.165, 1.54) is 37.8 Å². The van der Waals surface area contributed by atoms with Crippen LogP contribution < -0.4 is 14.8 Å². The SMILES string of the molecule is COc1ccc(CCC2CCCCN2)cc1OC. The lowest BCUT2D eigenvalue weighted by molar-refractivity contribution is 0.354. The summed E-state index contributed by atoms with van der Waals surface area (Å²) in [5.74, 6) is 1.63. The molecule has 3 nitrogen and oxygen atoms in total. The van der Waals surface area contributed by atoms with Crippen molar-refractivity contribution >= 4 is 0 Å². The van der Waals surface area contributed by atoms with Crippen molar-refractivity contribution in [2.75, 3.05) is 20.8 Å². The van der Waals surface area contributed by atoms with Gasteiger partial charge in [0, 0.05) is 6.04 Å². The maximum absolute atomic E-state index is 5.33. The Morgan fingerprint density at radius 1 is 1.17 bits per heavy atom. The van der Waals surface area contributed by atoms with Crippen LogP contribution in [0, 0.1) is 0 Å². The first-order valence-corrected chi connectivity index (χ1v) is 6.78. The molecule has 1 atom stereocenters. The number of piperidine rings is 1. The molecule has 0 aromatic heterocycles. The lowest BCUT2D eigenvalue weighted by Gasteiger charge is -2.23. The molecule has 1 aromatic carbocycles. The second-order valence-corrected chi connectivity index (χ2v) is 4.87. The van der Waals surface area contributed by atoms with Crippen LogP contribution in [0.3, 0.4) is 0 Å². The number of hydrogen-bond donors (Lipinski definition) is 1. The number of benzene rings is 1. The van der Waals surface area contributed by atoms with Gasteiger partial charge >= 0.3 is 0 Å². The van der Waals surface area contributed by atoms with Crippen LogP contribution in [0.15, 0.2) is 18.2 Å². The number of rotatable bonds is 5. The standard InChI is InChI=1S/C15H23NO2/c1-17-14-9-7-12(11-15(14)18-2)6-8-13-5-3-4-10-16-13/h7,9,11,13,16H,3-6,8,10H2,1-2H3. The first-order chi connectivity index (χ1) is 8.83. The third-order valence-corrected chi connectivity index (χ3v) is 3.64. The van der Waals surface area contributed by atoms with E-state index in [1.54, 1.807) is 14.2 Å². The van der Waals surface area contributed by atoms with E-state index in [2.05, 4.69) is 17.4 Å². The molecular formula is C15H23NO2. The second-order valence-electron chi connectivity index (χ2n) is 4.87. The van der Waals surface area contributed by atoms with Gasteiger partial charge in [-0.15, -0.1) is 0 Å². The molecule has 1 heterocycles. The minimum Gasteiger partial charge on any atom is -0.493 e. The van der Waals surface area contributed by atoms with Gasteiger partial charge < -0.3 is 14.8 Å². The molecule has 0 radical (unpaired) electrons. The van der Waals surface area contributed by atoms with Crippen molar-refractivity contribution < 1.29 is 9.47 Å². The average Bonchev–Trinajstić information content (AvgIpc) is 2.45. The monoisotopic (exact) mass is 249 g/mol. The van der Waals surface area contributed by atoms with Gasteiger partial charge in [0.1, 0.15) is 0 Å². The van der Waals surface area contributed by atoms with Crippen molar-refractivity contribution in [1.29, 1.82) is 0 Å². The number of ether oxygens (including phenoxy) is 2. The molecule has 0 bridgehead atoms. The third kappa shape index (κ3) is 3.39. The summed E-state index contributed by atoms with van der Waals surface area (Å²) in [5, 5.41) is 3.58. The maximum Gasteiger partial charge on any atom is 0.160 e. The largest absolute Gasteiger partial charge is 0.493 e. The van der Waals surface area contributed by atoms with E-state index in [-0.39, 0.29) is 0 Å².